The first-order valence-electron chi connectivity index (χ1n) is 12.4. The molecule has 2 aromatic rings. The number of carbonyl (C=O) groups excluding carboxylic acids is 4. The fraction of sp³-hybridized carbons (Fsp3) is 0.440. The van der Waals surface area contributed by atoms with Crippen molar-refractivity contribution in [2.24, 2.45) is 11.5 Å². The second-order valence-electron chi connectivity index (χ2n) is 9.29. The zero-order chi connectivity index (χ0) is 30.0. The van der Waals surface area contributed by atoms with Crippen LogP contribution in [0.2, 0.25) is 0 Å². The zero-order valence-electron chi connectivity index (χ0n) is 21.8. The van der Waals surface area contributed by atoms with Gasteiger partial charge >= 0.3 is 11.9 Å². The summed E-state index contributed by atoms with van der Waals surface area (Å²) in [6, 6.07) is 1.59. The van der Waals surface area contributed by atoms with Gasteiger partial charge in [0.2, 0.25) is 23.6 Å². The smallest absolute Gasteiger partial charge is 0.328 e. The van der Waals surface area contributed by atoms with Crippen molar-refractivity contribution in [2.75, 3.05) is 0 Å². The third-order valence-corrected chi connectivity index (χ3v) is 6.09. The van der Waals surface area contributed by atoms with Gasteiger partial charge in [0, 0.05) is 29.9 Å². The molecule has 0 saturated carbocycles. The largest absolute Gasteiger partial charge is 0.481 e. The van der Waals surface area contributed by atoms with Crippen LogP contribution in [0.3, 0.4) is 0 Å². The first-order valence-corrected chi connectivity index (χ1v) is 12.4. The Morgan fingerprint density at radius 2 is 1.48 bits per heavy atom. The molecule has 2 rings (SSSR count). The number of amides is 4. The predicted octanol–water partition coefficient (Wildman–Crippen LogP) is -1.91. The van der Waals surface area contributed by atoms with Gasteiger partial charge in [-0.1, -0.05) is 18.2 Å². The second-order valence-corrected chi connectivity index (χ2v) is 9.29. The summed E-state index contributed by atoms with van der Waals surface area (Å²) in [4.78, 5) is 75.6. The van der Waals surface area contributed by atoms with Gasteiger partial charge in [-0.2, -0.15) is 0 Å². The van der Waals surface area contributed by atoms with Crippen LogP contribution in [0.25, 0.3) is 10.9 Å². The molecule has 1 heterocycles. The van der Waals surface area contributed by atoms with E-state index >= 15 is 0 Å². The summed E-state index contributed by atoms with van der Waals surface area (Å²) in [6.07, 6.45) is -1.27. The van der Waals surface area contributed by atoms with Gasteiger partial charge in [-0.3, -0.25) is 24.0 Å². The number of aliphatic hydroxyl groups is 1. The lowest BCUT2D eigenvalue weighted by molar-refractivity contribution is -0.145. The van der Waals surface area contributed by atoms with Gasteiger partial charge in [0.05, 0.1) is 12.1 Å². The maximum Gasteiger partial charge on any atom is 0.328 e. The number of hydrogen-bond acceptors (Lipinski definition) is 8. The summed E-state index contributed by atoms with van der Waals surface area (Å²) in [7, 11) is 0. The summed E-state index contributed by atoms with van der Waals surface area (Å²) in [6.45, 7) is 1.13. The lowest BCUT2D eigenvalue weighted by atomic mass is 10.0. The molecule has 1 aromatic heterocycles. The highest BCUT2D eigenvalue weighted by Crippen LogP contribution is 2.19. The van der Waals surface area contributed by atoms with E-state index in [0.717, 1.165) is 23.4 Å². The van der Waals surface area contributed by atoms with E-state index in [1.807, 2.05) is 24.3 Å². The lowest BCUT2D eigenvalue weighted by Crippen LogP contribution is -2.58. The van der Waals surface area contributed by atoms with E-state index in [2.05, 4.69) is 20.9 Å². The molecule has 0 aliphatic rings. The number of carbonyl (C=O) groups is 6. The van der Waals surface area contributed by atoms with Crippen LogP contribution in [0.5, 0.6) is 0 Å². The van der Waals surface area contributed by atoms with Crippen LogP contribution < -0.4 is 27.4 Å². The fourth-order valence-corrected chi connectivity index (χ4v) is 3.92. The molecule has 15 nitrogen and oxygen atoms in total. The zero-order valence-corrected chi connectivity index (χ0v) is 21.8. The number of hydrogen-bond donors (Lipinski definition) is 9. The third kappa shape index (κ3) is 9.36. The number of nitrogens with two attached hydrogens (primary N) is 2. The molecule has 4 amide bonds. The number of aromatic amines is 1. The van der Waals surface area contributed by atoms with Crippen LogP contribution in [-0.2, 0) is 35.2 Å². The number of H-pyrrole nitrogens is 1. The molecule has 1 aromatic carbocycles. The van der Waals surface area contributed by atoms with E-state index in [1.165, 1.54) is 0 Å². The highest BCUT2D eigenvalue weighted by molar-refractivity contribution is 5.95. The molecular weight excluding hydrogens is 528 g/mol. The minimum atomic E-state index is -1.72. The Balaban J connectivity index is 2.17. The molecule has 0 fully saturated rings. The van der Waals surface area contributed by atoms with E-state index in [0.29, 0.717) is 0 Å². The maximum absolute atomic E-state index is 13.1. The Kier molecular flexibility index (Phi) is 11.6. The molecule has 0 bridgehead atoms. The van der Waals surface area contributed by atoms with E-state index in [1.54, 1.807) is 6.20 Å². The van der Waals surface area contributed by atoms with Gasteiger partial charge in [0.15, 0.2) is 6.04 Å². The van der Waals surface area contributed by atoms with Crippen molar-refractivity contribution >= 4 is 46.5 Å². The molecule has 11 N–H and O–H groups in total. The number of para-hydroxylation sites is 1. The van der Waals surface area contributed by atoms with Crippen LogP contribution in [0.4, 0.5) is 0 Å². The van der Waals surface area contributed by atoms with Gasteiger partial charge in [-0.15, -0.1) is 0 Å². The number of aliphatic carboxylic acids is 2. The quantitative estimate of drug-likeness (QED) is 0.109. The van der Waals surface area contributed by atoms with Crippen molar-refractivity contribution in [1.82, 2.24) is 20.9 Å². The molecule has 15 heteroatoms. The van der Waals surface area contributed by atoms with Gasteiger partial charge in [-0.05, 0) is 37.8 Å². The summed E-state index contributed by atoms with van der Waals surface area (Å²) in [5.41, 5.74) is 12.8. The van der Waals surface area contributed by atoms with Crippen LogP contribution >= 0.6 is 0 Å². The van der Waals surface area contributed by atoms with E-state index in [4.69, 9.17) is 16.6 Å². The summed E-state index contributed by atoms with van der Waals surface area (Å²) in [5.74, 6) is -6.37. The normalized spacial score (nSPS) is 14.8. The van der Waals surface area contributed by atoms with Crippen LogP contribution in [0.1, 0.15) is 38.2 Å². The minimum Gasteiger partial charge on any atom is -0.481 e. The number of benzene rings is 1. The van der Waals surface area contributed by atoms with E-state index < -0.39 is 72.3 Å². The molecule has 0 aliphatic heterocycles. The third-order valence-electron chi connectivity index (χ3n) is 6.09. The topological polar surface area (TPSA) is 267 Å². The van der Waals surface area contributed by atoms with E-state index in [-0.39, 0.29) is 25.7 Å². The van der Waals surface area contributed by atoms with Crippen molar-refractivity contribution in [3.8, 4) is 0 Å². The molecular formula is C25H34N6O9. The van der Waals surface area contributed by atoms with Crippen molar-refractivity contribution in [1.29, 1.82) is 0 Å². The second kappa shape index (κ2) is 14.6. The standard InChI is InChI=1S/C25H34N6O9/c1-12(32)21(25(39)40)31-24(38)17(6-8-19(27)33)30-23(37)18(7-9-20(34)35)29-22(36)15(26)10-13-11-28-16-5-3-2-4-14(13)16/h2-5,11-12,15,17-18,21,28,32H,6-10,26H2,1H3,(H2,27,33)(H,29,36)(H,30,37)(H,31,38)(H,34,35)(H,39,40). The fourth-order valence-electron chi connectivity index (χ4n) is 3.92. The van der Waals surface area contributed by atoms with Crippen LogP contribution in [0.15, 0.2) is 30.5 Å². The molecule has 218 valence electrons. The van der Waals surface area contributed by atoms with Crippen molar-refractivity contribution in [3.05, 3.63) is 36.0 Å². The van der Waals surface area contributed by atoms with E-state index in [9.17, 15) is 39.0 Å². The Morgan fingerprint density at radius 1 is 0.900 bits per heavy atom. The van der Waals surface area contributed by atoms with Gasteiger partial charge in [-0.25, -0.2) is 4.79 Å². The Morgan fingerprint density at radius 3 is 2.05 bits per heavy atom. The Labute approximate surface area is 228 Å². The SMILES string of the molecule is CC(O)C(NC(=O)C(CCC(N)=O)NC(=O)C(CCC(=O)O)NC(=O)C(N)Cc1c[nH]c2ccccc12)C(=O)O. The molecule has 0 spiro atoms. The average molecular weight is 563 g/mol. The molecule has 0 radical (unpaired) electrons. The van der Waals surface area contributed by atoms with Gasteiger partial charge in [0.1, 0.15) is 12.1 Å². The van der Waals surface area contributed by atoms with Crippen LogP contribution in [0, 0.1) is 0 Å². The molecule has 0 saturated heterocycles. The number of aromatic nitrogens is 1. The highest BCUT2D eigenvalue weighted by atomic mass is 16.4. The molecule has 0 aliphatic carbocycles. The number of carboxylic acid groups (broad SMARTS) is 2. The summed E-state index contributed by atoms with van der Waals surface area (Å²) in [5, 5.41) is 35.6. The van der Waals surface area contributed by atoms with Gasteiger partial charge in [0.25, 0.3) is 0 Å². The maximum atomic E-state index is 13.1. The Hall–Kier alpha value is -4.50. The number of nitrogens with one attached hydrogen (secondary N) is 4. The van der Waals surface area contributed by atoms with Crippen LogP contribution in [-0.4, -0.2) is 86.1 Å². The number of fused-ring (bicyclic) bond motifs is 1. The monoisotopic (exact) mass is 562 g/mol. The summed E-state index contributed by atoms with van der Waals surface area (Å²) >= 11 is 0. The van der Waals surface area contributed by atoms with Gasteiger partial charge < -0.3 is 47.7 Å². The van der Waals surface area contributed by atoms with Crippen molar-refractivity contribution in [2.45, 2.75) is 69.3 Å². The number of rotatable bonds is 16. The average Bonchev–Trinajstić information content (AvgIpc) is 3.28. The predicted molar refractivity (Wildman–Crippen MR) is 140 cm³/mol. The molecule has 5 atom stereocenters. The highest BCUT2D eigenvalue weighted by Gasteiger charge is 2.32. The minimum absolute atomic E-state index is 0.0999. The van der Waals surface area contributed by atoms with Crippen molar-refractivity contribution in [3.63, 3.8) is 0 Å². The first kappa shape index (κ1) is 31.7. The number of primary amides is 1. The Bertz CT molecular complexity index is 1240. The molecule has 40 heavy (non-hydrogen) atoms. The summed E-state index contributed by atoms with van der Waals surface area (Å²) < 4.78 is 0. The van der Waals surface area contributed by atoms with Crippen molar-refractivity contribution < 1.29 is 44.1 Å². The number of aliphatic hydroxyl groups excluding tert-OH is 1. The number of carboxylic acids is 2. The lowest BCUT2D eigenvalue weighted by Gasteiger charge is -2.25. The molecule has 5 unspecified atom stereocenters. The first-order chi connectivity index (χ1) is 18.8.